The number of nitrogens with one attached hydrogen (secondary N) is 2. The van der Waals surface area contributed by atoms with E-state index in [1.54, 1.807) is 13.8 Å². The third-order valence-electron chi connectivity index (χ3n) is 4.21. The maximum atomic E-state index is 12.9. The zero-order valence-electron chi connectivity index (χ0n) is 15.5. The van der Waals surface area contributed by atoms with Gasteiger partial charge in [0, 0.05) is 10.2 Å². The summed E-state index contributed by atoms with van der Waals surface area (Å²) in [5.41, 5.74) is 5.04. The maximum absolute atomic E-state index is 12.9. The molecule has 0 aliphatic heterocycles. The molecule has 3 aromatic rings. The molecule has 0 saturated carbocycles. The molecule has 0 atom stereocenters. The fourth-order valence-electron chi connectivity index (χ4n) is 2.75. The monoisotopic (exact) mass is 448 g/mol. The Kier molecular flexibility index (Phi) is 5.41. The lowest BCUT2D eigenvalue weighted by atomic mass is 10.0. The van der Waals surface area contributed by atoms with Crippen molar-refractivity contribution < 1.29 is 9.53 Å². The highest BCUT2D eigenvalue weighted by Gasteiger charge is 2.31. The van der Waals surface area contributed by atoms with Crippen LogP contribution in [0.3, 0.4) is 0 Å². The largest absolute Gasteiger partial charge is 0.478 e. The van der Waals surface area contributed by atoms with E-state index in [-0.39, 0.29) is 5.91 Å². The smallest absolute Gasteiger partial charge is 0.267 e. The van der Waals surface area contributed by atoms with Crippen LogP contribution in [0.4, 0.5) is 10.8 Å². The van der Waals surface area contributed by atoms with E-state index in [1.165, 1.54) is 11.3 Å². The minimum absolute atomic E-state index is 0.224. The number of carbonyl (C=O) groups is 1. The summed E-state index contributed by atoms with van der Waals surface area (Å²) >= 11 is 4.84. The van der Waals surface area contributed by atoms with Crippen LogP contribution in [0.25, 0.3) is 10.2 Å². The molecule has 6 nitrogen and oxygen atoms in total. The van der Waals surface area contributed by atoms with Crippen LogP contribution in [0.2, 0.25) is 0 Å². The van der Waals surface area contributed by atoms with E-state index in [0.29, 0.717) is 10.9 Å². The molecule has 0 fully saturated rings. The van der Waals surface area contributed by atoms with Crippen LogP contribution in [0.1, 0.15) is 25.0 Å². The number of nitrogen functional groups attached to an aromatic ring is 1. The molecule has 0 spiro atoms. The lowest BCUT2D eigenvalue weighted by Crippen LogP contribution is -2.42. The Hall–Kier alpha value is -2.16. The third-order valence-corrected chi connectivity index (χ3v) is 5.86. The van der Waals surface area contributed by atoms with Gasteiger partial charge in [-0.15, -0.1) is 0 Å². The van der Waals surface area contributed by atoms with Gasteiger partial charge in [0.25, 0.3) is 5.91 Å². The van der Waals surface area contributed by atoms with Crippen molar-refractivity contribution in [3.63, 3.8) is 0 Å². The number of halogens is 1. The van der Waals surface area contributed by atoms with Gasteiger partial charge >= 0.3 is 0 Å². The minimum atomic E-state index is -1.04. The number of thiazole rings is 1. The Morgan fingerprint density at radius 1 is 1.26 bits per heavy atom. The van der Waals surface area contributed by atoms with Crippen LogP contribution in [0, 0.1) is 13.8 Å². The Bertz CT molecular complexity index is 999. The molecule has 0 bridgehead atoms. The first-order valence-corrected chi connectivity index (χ1v) is 9.95. The summed E-state index contributed by atoms with van der Waals surface area (Å²) in [6.07, 6.45) is 0. The Morgan fingerprint density at radius 3 is 2.56 bits per heavy atom. The summed E-state index contributed by atoms with van der Waals surface area (Å²) in [5, 5.41) is 3.66. The summed E-state index contributed by atoms with van der Waals surface area (Å²) in [7, 11) is 0. The zero-order chi connectivity index (χ0) is 19.8. The minimum Gasteiger partial charge on any atom is -0.478 e. The molecule has 3 rings (SSSR count). The van der Waals surface area contributed by atoms with E-state index >= 15 is 0 Å². The summed E-state index contributed by atoms with van der Waals surface area (Å²) in [6, 6.07) is 9.33. The van der Waals surface area contributed by atoms with Gasteiger partial charge in [-0.05, 0) is 69.2 Å². The predicted molar refractivity (Wildman–Crippen MR) is 114 cm³/mol. The number of nitrogens with two attached hydrogens (primary N) is 1. The van der Waals surface area contributed by atoms with Crippen molar-refractivity contribution in [3.8, 4) is 5.75 Å². The Morgan fingerprint density at radius 2 is 1.93 bits per heavy atom. The fraction of sp³-hybridized carbons (Fsp3) is 0.263. The van der Waals surface area contributed by atoms with Crippen LogP contribution in [-0.4, -0.2) is 16.5 Å². The van der Waals surface area contributed by atoms with Crippen molar-refractivity contribution in [3.05, 3.63) is 45.9 Å². The van der Waals surface area contributed by atoms with Gasteiger partial charge in [0.05, 0.1) is 10.2 Å². The summed E-state index contributed by atoms with van der Waals surface area (Å²) in [6.45, 7) is 7.40. The van der Waals surface area contributed by atoms with Crippen LogP contribution in [0.15, 0.2) is 34.8 Å². The van der Waals surface area contributed by atoms with Gasteiger partial charge in [0.2, 0.25) is 0 Å². The maximum Gasteiger partial charge on any atom is 0.267 e. The van der Waals surface area contributed by atoms with Crippen LogP contribution in [-0.2, 0) is 4.79 Å². The van der Waals surface area contributed by atoms with Crippen molar-refractivity contribution in [1.29, 1.82) is 0 Å². The van der Waals surface area contributed by atoms with E-state index in [9.17, 15) is 4.79 Å². The normalized spacial score (nSPS) is 11.5. The van der Waals surface area contributed by atoms with E-state index in [0.717, 1.165) is 31.5 Å². The number of hydrazine groups is 1. The highest BCUT2D eigenvalue weighted by atomic mass is 79.9. The molecule has 27 heavy (non-hydrogen) atoms. The zero-order valence-corrected chi connectivity index (χ0v) is 17.9. The molecule has 1 aromatic heterocycles. The highest BCUT2D eigenvalue weighted by Crippen LogP contribution is 2.35. The first kappa shape index (κ1) is 19.6. The molecule has 1 heterocycles. The van der Waals surface area contributed by atoms with Gasteiger partial charge in [-0.25, -0.2) is 10.8 Å². The summed E-state index contributed by atoms with van der Waals surface area (Å²) in [4.78, 5) is 17.3. The van der Waals surface area contributed by atoms with Crippen molar-refractivity contribution in [2.45, 2.75) is 33.3 Å². The lowest BCUT2D eigenvalue weighted by Gasteiger charge is -2.26. The number of rotatable bonds is 5. The second-order valence-corrected chi connectivity index (χ2v) is 8.64. The molecule has 0 radical (unpaired) electrons. The van der Waals surface area contributed by atoms with Crippen molar-refractivity contribution >= 4 is 54.2 Å². The molecule has 0 saturated heterocycles. The van der Waals surface area contributed by atoms with Crippen molar-refractivity contribution in [1.82, 2.24) is 4.98 Å². The topological polar surface area (TPSA) is 89.3 Å². The second kappa shape index (κ2) is 7.46. The van der Waals surface area contributed by atoms with Gasteiger partial charge in [-0.1, -0.05) is 27.3 Å². The van der Waals surface area contributed by atoms with Gasteiger partial charge in [-0.2, -0.15) is 0 Å². The van der Waals surface area contributed by atoms with Crippen molar-refractivity contribution in [2.75, 3.05) is 10.7 Å². The molecular formula is C19H21BrN4O2S. The number of benzene rings is 2. The number of aromatic nitrogens is 1. The number of amides is 1. The first-order valence-electron chi connectivity index (χ1n) is 8.34. The molecule has 0 aliphatic carbocycles. The van der Waals surface area contributed by atoms with E-state index < -0.39 is 5.60 Å². The second-order valence-electron chi connectivity index (χ2n) is 6.73. The first-order chi connectivity index (χ1) is 12.7. The number of ether oxygens (including phenoxy) is 1. The van der Waals surface area contributed by atoms with Gasteiger partial charge in [-0.3, -0.25) is 10.2 Å². The van der Waals surface area contributed by atoms with Crippen LogP contribution < -0.4 is 21.3 Å². The number of nitrogens with zero attached hydrogens (tertiary/aromatic N) is 1. The third kappa shape index (κ3) is 4.07. The number of fused-ring (bicyclic) bond motifs is 1. The number of aryl methyl sites for hydroxylation is 2. The Labute approximate surface area is 170 Å². The Balaban J connectivity index is 1.87. The predicted octanol–water partition coefficient (Wildman–Crippen LogP) is 4.76. The molecule has 2 aromatic carbocycles. The fourth-order valence-corrected chi connectivity index (χ4v) is 3.87. The van der Waals surface area contributed by atoms with Crippen molar-refractivity contribution in [2.24, 2.45) is 5.84 Å². The number of hydrogen-bond acceptors (Lipinski definition) is 6. The number of hydrogen-bond donors (Lipinski definition) is 3. The highest BCUT2D eigenvalue weighted by molar-refractivity contribution is 9.10. The molecular weight excluding hydrogens is 428 g/mol. The SMILES string of the molecule is Cc1cc2nc(NN)sc2c(C)c1NC(=O)C(C)(C)Oc1ccc(Br)cc1. The average Bonchev–Trinajstić information content (AvgIpc) is 3.03. The van der Waals surface area contributed by atoms with E-state index in [4.69, 9.17) is 10.6 Å². The van der Waals surface area contributed by atoms with E-state index in [1.807, 2.05) is 44.2 Å². The van der Waals surface area contributed by atoms with Gasteiger partial charge in [0.1, 0.15) is 5.75 Å². The van der Waals surface area contributed by atoms with Gasteiger partial charge < -0.3 is 10.1 Å². The quantitative estimate of drug-likeness (QED) is 0.386. The molecule has 8 heteroatoms. The summed E-state index contributed by atoms with van der Waals surface area (Å²) in [5.74, 6) is 5.87. The van der Waals surface area contributed by atoms with Crippen LogP contribution in [0.5, 0.6) is 5.75 Å². The molecule has 0 aliphatic rings. The molecule has 0 unspecified atom stereocenters. The number of carbonyl (C=O) groups excluding carboxylic acids is 1. The van der Waals surface area contributed by atoms with Gasteiger partial charge in [0.15, 0.2) is 10.7 Å². The standard InChI is InChI=1S/C19H21BrN4O2S/c1-10-9-14-16(27-18(22-14)24-21)11(2)15(10)23-17(25)19(3,4)26-13-7-5-12(20)6-8-13/h5-9H,21H2,1-4H3,(H,22,24)(H,23,25). The molecule has 1 amide bonds. The lowest BCUT2D eigenvalue weighted by molar-refractivity contribution is -0.128. The average molecular weight is 449 g/mol. The molecule has 142 valence electrons. The summed E-state index contributed by atoms with van der Waals surface area (Å²) < 4.78 is 7.84. The van der Waals surface area contributed by atoms with Crippen LogP contribution >= 0.6 is 27.3 Å². The molecule has 4 N–H and O–H groups in total. The number of anilines is 2. The van der Waals surface area contributed by atoms with E-state index in [2.05, 4.69) is 31.7 Å².